The van der Waals surface area contributed by atoms with Gasteiger partial charge in [-0.15, -0.1) is 0 Å². The first-order chi connectivity index (χ1) is 6.70. The smallest absolute Gasteiger partial charge is 0.0240 e. The third-order valence-electron chi connectivity index (χ3n) is 4.67. The summed E-state index contributed by atoms with van der Waals surface area (Å²) < 4.78 is 0. The molecule has 1 heteroatoms. The quantitative estimate of drug-likeness (QED) is 0.653. The van der Waals surface area contributed by atoms with Crippen molar-refractivity contribution in [2.45, 2.75) is 58.4 Å². The second-order valence-electron chi connectivity index (χ2n) is 5.53. The lowest BCUT2D eigenvalue weighted by Gasteiger charge is -2.59. The van der Waals surface area contributed by atoms with Crippen molar-refractivity contribution in [1.82, 2.24) is 4.90 Å². The van der Waals surface area contributed by atoms with Gasteiger partial charge in [0.1, 0.15) is 0 Å². The van der Waals surface area contributed by atoms with Gasteiger partial charge in [-0.1, -0.05) is 20.8 Å². The fourth-order valence-electron chi connectivity index (χ4n) is 3.88. The van der Waals surface area contributed by atoms with Crippen molar-refractivity contribution in [2.75, 3.05) is 13.1 Å². The fraction of sp³-hybridized carbons (Fsp3) is 1.00. The van der Waals surface area contributed by atoms with Crippen LogP contribution in [0.4, 0.5) is 0 Å². The van der Waals surface area contributed by atoms with Gasteiger partial charge >= 0.3 is 0 Å². The highest BCUT2D eigenvalue weighted by Gasteiger charge is 2.50. The van der Waals surface area contributed by atoms with E-state index in [1.54, 1.807) is 0 Å². The Labute approximate surface area is 88.9 Å². The predicted octanol–water partition coefficient (Wildman–Crippen LogP) is 3.30. The van der Waals surface area contributed by atoms with E-state index in [1.807, 2.05) is 0 Å². The van der Waals surface area contributed by atoms with E-state index >= 15 is 0 Å². The Morgan fingerprint density at radius 1 is 1.29 bits per heavy atom. The predicted molar refractivity (Wildman–Crippen MR) is 61.4 cm³/mol. The summed E-state index contributed by atoms with van der Waals surface area (Å²) in [5.74, 6) is 1.86. The molecule has 0 bridgehead atoms. The third-order valence-corrected chi connectivity index (χ3v) is 4.67. The van der Waals surface area contributed by atoms with Crippen molar-refractivity contribution in [2.24, 2.45) is 11.8 Å². The number of piperidine rings is 1. The molecule has 1 saturated carbocycles. The number of hydrogen-bond acceptors (Lipinski definition) is 1. The van der Waals surface area contributed by atoms with Gasteiger partial charge in [-0.2, -0.15) is 0 Å². The highest BCUT2D eigenvalue weighted by Crippen LogP contribution is 2.50. The van der Waals surface area contributed by atoms with Crippen molar-refractivity contribution in [3.8, 4) is 0 Å². The van der Waals surface area contributed by atoms with Gasteiger partial charge in [0.25, 0.3) is 0 Å². The molecule has 0 aromatic heterocycles. The molecule has 82 valence electrons. The number of rotatable bonds is 2. The van der Waals surface area contributed by atoms with Crippen molar-refractivity contribution < 1.29 is 0 Å². The maximum absolute atomic E-state index is 2.78. The Morgan fingerprint density at radius 3 is 2.43 bits per heavy atom. The van der Waals surface area contributed by atoms with Crippen LogP contribution in [0, 0.1) is 11.8 Å². The van der Waals surface area contributed by atoms with E-state index in [4.69, 9.17) is 0 Å². The highest BCUT2D eigenvalue weighted by molar-refractivity contribution is 5.05. The fourth-order valence-corrected chi connectivity index (χ4v) is 3.88. The molecule has 0 N–H and O–H groups in total. The molecule has 1 unspecified atom stereocenters. The molecule has 14 heavy (non-hydrogen) atoms. The van der Waals surface area contributed by atoms with E-state index in [0.29, 0.717) is 5.54 Å². The van der Waals surface area contributed by atoms with E-state index in [-0.39, 0.29) is 0 Å². The average molecular weight is 195 g/mol. The van der Waals surface area contributed by atoms with Gasteiger partial charge in [0.15, 0.2) is 0 Å². The van der Waals surface area contributed by atoms with Crippen LogP contribution >= 0.6 is 0 Å². The summed E-state index contributed by atoms with van der Waals surface area (Å²) >= 11 is 0. The second kappa shape index (κ2) is 3.84. The van der Waals surface area contributed by atoms with Gasteiger partial charge in [0.05, 0.1) is 0 Å². The molecule has 0 radical (unpaired) electrons. The van der Waals surface area contributed by atoms with Crippen LogP contribution in [0.2, 0.25) is 0 Å². The minimum atomic E-state index is 0.640. The Balaban J connectivity index is 2.15. The maximum atomic E-state index is 2.78. The van der Waals surface area contributed by atoms with Crippen LogP contribution in [0.5, 0.6) is 0 Å². The van der Waals surface area contributed by atoms with Crippen LogP contribution in [0.1, 0.15) is 52.9 Å². The van der Waals surface area contributed by atoms with Gasteiger partial charge in [-0.25, -0.2) is 0 Å². The van der Waals surface area contributed by atoms with Gasteiger partial charge in [-0.05, 0) is 57.0 Å². The van der Waals surface area contributed by atoms with Crippen LogP contribution in [-0.2, 0) is 0 Å². The molecule has 0 aromatic rings. The summed E-state index contributed by atoms with van der Waals surface area (Å²) in [6.07, 6.45) is 7.33. The molecule has 2 aliphatic rings. The number of hydrogen-bond donors (Lipinski definition) is 0. The molecule has 1 nitrogen and oxygen atoms in total. The lowest BCUT2D eigenvalue weighted by atomic mass is 9.60. The summed E-state index contributed by atoms with van der Waals surface area (Å²) in [6, 6.07) is 0. The molecule has 1 atom stereocenters. The Hall–Kier alpha value is -0.0400. The van der Waals surface area contributed by atoms with Crippen molar-refractivity contribution >= 4 is 0 Å². The zero-order chi connectivity index (χ0) is 10.2. The maximum Gasteiger partial charge on any atom is 0.0240 e. The standard InChI is InChI=1S/C13H25N/c1-4-14-10-5-7-12(11(2)3)13(14)8-6-9-13/h11-12H,4-10H2,1-3H3. The van der Waals surface area contributed by atoms with E-state index < -0.39 is 0 Å². The van der Waals surface area contributed by atoms with Crippen LogP contribution in [0.15, 0.2) is 0 Å². The lowest BCUT2D eigenvalue weighted by Crippen LogP contribution is -2.62. The zero-order valence-electron chi connectivity index (χ0n) is 10.1. The zero-order valence-corrected chi connectivity index (χ0v) is 10.1. The van der Waals surface area contributed by atoms with Crippen LogP contribution in [0.25, 0.3) is 0 Å². The molecule has 1 aliphatic carbocycles. The first-order valence-electron chi connectivity index (χ1n) is 6.46. The molecule has 2 fully saturated rings. The Bertz CT molecular complexity index is 193. The molecule has 1 saturated heterocycles. The van der Waals surface area contributed by atoms with Gasteiger partial charge in [0, 0.05) is 5.54 Å². The van der Waals surface area contributed by atoms with Gasteiger partial charge in [-0.3, -0.25) is 4.90 Å². The van der Waals surface area contributed by atoms with Crippen molar-refractivity contribution in [3.63, 3.8) is 0 Å². The molecule has 2 rings (SSSR count). The van der Waals surface area contributed by atoms with E-state index in [9.17, 15) is 0 Å². The molecule has 1 aliphatic heterocycles. The minimum absolute atomic E-state index is 0.640. The molecule has 1 spiro atoms. The largest absolute Gasteiger partial charge is 0.298 e. The average Bonchev–Trinajstić information content (AvgIpc) is 2.13. The van der Waals surface area contributed by atoms with E-state index in [2.05, 4.69) is 25.7 Å². The highest BCUT2D eigenvalue weighted by atomic mass is 15.2. The molecule has 1 heterocycles. The molecular formula is C13H25N. The first kappa shape index (κ1) is 10.5. The lowest BCUT2D eigenvalue weighted by molar-refractivity contribution is -0.0764. The minimum Gasteiger partial charge on any atom is -0.298 e. The summed E-state index contributed by atoms with van der Waals surface area (Å²) in [4.78, 5) is 2.78. The topological polar surface area (TPSA) is 3.24 Å². The van der Waals surface area contributed by atoms with Gasteiger partial charge in [0.2, 0.25) is 0 Å². The van der Waals surface area contributed by atoms with Gasteiger partial charge < -0.3 is 0 Å². The van der Waals surface area contributed by atoms with Crippen LogP contribution in [-0.4, -0.2) is 23.5 Å². The molecule has 0 amide bonds. The summed E-state index contributed by atoms with van der Waals surface area (Å²) in [5, 5.41) is 0. The Morgan fingerprint density at radius 2 is 2.00 bits per heavy atom. The monoisotopic (exact) mass is 195 g/mol. The summed E-state index contributed by atoms with van der Waals surface area (Å²) in [5.41, 5.74) is 0.640. The summed E-state index contributed by atoms with van der Waals surface area (Å²) in [7, 11) is 0. The van der Waals surface area contributed by atoms with Crippen molar-refractivity contribution in [3.05, 3.63) is 0 Å². The van der Waals surface area contributed by atoms with E-state index in [0.717, 1.165) is 11.8 Å². The summed E-state index contributed by atoms with van der Waals surface area (Å²) in [6.45, 7) is 9.81. The number of nitrogens with zero attached hydrogens (tertiary/aromatic N) is 1. The first-order valence-corrected chi connectivity index (χ1v) is 6.46. The number of likely N-dealkylation sites (tertiary alicyclic amines) is 1. The van der Waals surface area contributed by atoms with Crippen molar-refractivity contribution in [1.29, 1.82) is 0 Å². The Kier molecular flexibility index (Phi) is 2.88. The van der Waals surface area contributed by atoms with E-state index in [1.165, 1.54) is 45.2 Å². The normalized spacial score (nSPS) is 32.1. The third kappa shape index (κ3) is 1.41. The second-order valence-corrected chi connectivity index (χ2v) is 5.53. The van der Waals surface area contributed by atoms with Crippen LogP contribution < -0.4 is 0 Å². The molecular weight excluding hydrogens is 170 g/mol. The SMILES string of the molecule is CCN1CCCC(C(C)C)C12CCC2. The van der Waals surface area contributed by atoms with Crippen LogP contribution in [0.3, 0.4) is 0 Å². The molecule has 0 aromatic carbocycles.